The van der Waals surface area contributed by atoms with E-state index < -0.39 is 30.6 Å². The number of nitrogens with zero attached hydrogens (tertiary/aromatic N) is 4. The quantitative estimate of drug-likeness (QED) is 0.354. The van der Waals surface area contributed by atoms with Crippen LogP contribution in [0.25, 0.3) is 27.9 Å². The van der Waals surface area contributed by atoms with Gasteiger partial charge in [0.25, 0.3) is 0 Å². The first-order valence-electron chi connectivity index (χ1n) is 11.5. The van der Waals surface area contributed by atoms with E-state index in [9.17, 15) is 32.6 Å². The summed E-state index contributed by atoms with van der Waals surface area (Å²) in [6.45, 7) is -0.773. The third-order valence-electron chi connectivity index (χ3n) is 6.70. The Labute approximate surface area is 218 Å². The maximum absolute atomic E-state index is 14.7. The van der Waals surface area contributed by atoms with Gasteiger partial charge in [-0.05, 0) is 47.5 Å². The Morgan fingerprint density at radius 1 is 1.05 bits per heavy atom. The van der Waals surface area contributed by atoms with Crippen LogP contribution in [0.15, 0.2) is 65.8 Å². The largest absolute Gasteiger partial charge is 0.507 e. The van der Waals surface area contributed by atoms with Crippen LogP contribution in [0.4, 0.5) is 23.4 Å². The topological polar surface area (TPSA) is 83.5 Å². The Morgan fingerprint density at radius 3 is 2.32 bits per heavy atom. The van der Waals surface area contributed by atoms with E-state index in [-0.39, 0.29) is 40.0 Å². The molecule has 0 amide bonds. The lowest BCUT2D eigenvalue weighted by molar-refractivity contribution is -0.250. The lowest BCUT2D eigenvalue weighted by Crippen LogP contribution is -2.47. The molecule has 0 spiro atoms. The molecule has 1 atom stereocenters. The highest BCUT2D eigenvalue weighted by molar-refractivity contribution is 6.32. The minimum absolute atomic E-state index is 0.0812. The summed E-state index contributed by atoms with van der Waals surface area (Å²) in [7, 11) is 1.60. The molecule has 0 aliphatic carbocycles. The Hall–Kier alpha value is -3.83. The van der Waals surface area contributed by atoms with Gasteiger partial charge >= 0.3 is 11.9 Å². The minimum atomic E-state index is -4.79. The lowest BCUT2D eigenvalue weighted by atomic mass is 9.97. The highest BCUT2D eigenvalue weighted by Gasteiger charge is 2.57. The number of aryl methyl sites for hydroxylation is 1. The molecule has 5 rings (SSSR count). The predicted octanol–water partition coefficient (Wildman–Crippen LogP) is 4.91. The summed E-state index contributed by atoms with van der Waals surface area (Å²) in [6.07, 6.45) is -0.837. The average Bonchev–Trinajstić information content (AvgIpc) is 3.43. The summed E-state index contributed by atoms with van der Waals surface area (Å²) >= 11 is 6.43. The first-order valence-corrected chi connectivity index (χ1v) is 11.8. The standard InChI is InChI=1S/C26H21ClF4N4O3/c1-33-8-9-35(24(33)37)21-3-2-15(10-20(21)27)18-12-17(28)13-19(23(18)36)16-4-6-32-22(11-16)34-7-5-25(38,14-34)26(29,30)31/h2-4,6,8-13,36,38H,5,7,14H2,1H3. The summed E-state index contributed by atoms with van der Waals surface area (Å²) in [4.78, 5) is 17.7. The van der Waals surface area contributed by atoms with Crippen LogP contribution < -0.4 is 10.6 Å². The molecule has 0 bridgehead atoms. The first kappa shape index (κ1) is 25.8. The molecule has 12 heteroatoms. The number of phenols is 1. The number of phenolic OH excluding ortho intramolecular Hbond substituents is 1. The third-order valence-corrected chi connectivity index (χ3v) is 7.00. The van der Waals surface area contributed by atoms with E-state index >= 15 is 0 Å². The van der Waals surface area contributed by atoms with Crippen molar-refractivity contribution in [3.05, 3.63) is 82.4 Å². The first-order chi connectivity index (χ1) is 17.9. The second kappa shape index (κ2) is 9.17. The molecule has 2 aromatic carbocycles. The van der Waals surface area contributed by atoms with Gasteiger partial charge < -0.3 is 19.7 Å². The van der Waals surface area contributed by atoms with Gasteiger partial charge in [0.05, 0.1) is 17.3 Å². The molecule has 1 fully saturated rings. The molecule has 0 radical (unpaired) electrons. The van der Waals surface area contributed by atoms with Crippen molar-refractivity contribution >= 4 is 17.4 Å². The van der Waals surface area contributed by atoms with Crippen molar-refractivity contribution in [3.8, 4) is 33.7 Å². The van der Waals surface area contributed by atoms with E-state index in [2.05, 4.69) is 4.98 Å². The Bertz CT molecular complexity index is 1600. The summed E-state index contributed by atoms with van der Waals surface area (Å²) < 4.78 is 57.2. The second-order valence-electron chi connectivity index (χ2n) is 9.18. The highest BCUT2D eigenvalue weighted by atomic mass is 35.5. The summed E-state index contributed by atoms with van der Waals surface area (Å²) in [5.41, 5.74) is -1.85. The number of aromatic nitrogens is 3. The molecule has 7 nitrogen and oxygen atoms in total. The van der Waals surface area contributed by atoms with E-state index in [0.717, 1.165) is 12.1 Å². The van der Waals surface area contributed by atoms with Gasteiger partial charge in [0.1, 0.15) is 17.4 Å². The Morgan fingerprint density at radius 2 is 1.74 bits per heavy atom. The normalized spacial score (nSPS) is 17.8. The molecule has 2 aromatic heterocycles. The number of rotatable bonds is 4. The predicted molar refractivity (Wildman–Crippen MR) is 134 cm³/mol. The minimum Gasteiger partial charge on any atom is -0.507 e. The van der Waals surface area contributed by atoms with Crippen molar-refractivity contribution < 1.29 is 27.8 Å². The van der Waals surface area contributed by atoms with Crippen molar-refractivity contribution in [2.45, 2.75) is 18.2 Å². The van der Waals surface area contributed by atoms with Gasteiger partial charge in [0.15, 0.2) is 5.60 Å². The number of β-amino-alcohol motifs (C(OH)–C–C–N with tert-alkyl or cyclic N) is 1. The zero-order chi connectivity index (χ0) is 27.4. The van der Waals surface area contributed by atoms with Crippen LogP contribution >= 0.6 is 11.6 Å². The van der Waals surface area contributed by atoms with Crippen molar-refractivity contribution in [2.75, 3.05) is 18.0 Å². The van der Waals surface area contributed by atoms with E-state index in [1.54, 1.807) is 31.6 Å². The summed E-state index contributed by atoms with van der Waals surface area (Å²) in [5, 5.41) is 21.3. The smallest absolute Gasteiger partial charge is 0.418 e. The average molecular weight is 549 g/mol. The van der Waals surface area contributed by atoms with Gasteiger partial charge in [-0.25, -0.2) is 14.2 Å². The van der Waals surface area contributed by atoms with Crippen molar-refractivity contribution in [1.82, 2.24) is 14.1 Å². The molecule has 198 valence electrons. The van der Waals surface area contributed by atoms with Gasteiger partial charge in [-0.15, -0.1) is 0 Å². The van der Waals surface area contributed by atoms with Gasteiger partial charge in [-0.1, -0.05) is 17.7 Å². The summed E-state index contributed by atoms with van der Waals surface area (Å²) in [5.74, 6) is -0.802. The van der Waals surface area contributed by atoms with Crippen LogP contribution in [0.3, 0.4) is 0 Å². The SMILES string of the molecule is Cn1ccn(-c2ccc(-c3cc(F)cc(-c4ccnc(N5CCC(O)(C(F)(F)F)C5)c4)c3O)cc2Cl)c1=O. The van der Waals surface area contributed by atoms with Crippen LogP contribution in [-0.4, -0.2) is 49.2 Å². The molecule has 1 aliphatic rings. The second-order valence-corrected chi connectivity index (χ2v) is 9.59. The van der Waals surface area contributed by atoms with E-state index in [4.69, 9.17) is 11.6 Å². The molecule has 1 aliphatic heterocycles. The fourth-order valence-corrected chi connectivity index (χ4v) is 4.81. The maximum Gasteiger partial charge on any atom is 0.418 e. The molecular weight excluding hydrogens is 528 g/mol. The Balaban J connectivity index is 1.51. The number of imidazole rings is 1. The highest BCUT2D eigenvalue weighted by Crippen LogP contribution is 2.42. The number of anilines is 1. The lowest BCUT2D eigenvalue weighted by Gasteiger charge is -2.26. The molecule has 38 heavy (non-hydrogen) atoms. The zero-order valence-corrected chi connectivity index (χ0v) is 20.6. The Kier molecular flexibility index (Phi) is 6.23. The number of alkyl halides is 3. The van der Waals surface area contributed by atoms with Gasteiger partial charge in [-0.3, -0.25) is 4.57 Å². The van der Waals surface area contributed by atoms with Gasteiger partial charge in [-0.2, -0.15) is 13.2 Å². The number of hydrogen-bond acceptors (Lipinski definition) is 5. The fourth-order valence-electron chi connectivity index (χ4n) is 4.54. The molecule has 3 heterocycles. The van der Waals surface area contributed by atoms with Crippen LogP contribution in [0.5, 0.6) is 5.75 Å². The van der Waals surface area contributed by atoms with Crippen molar-refractivity contribution in [1.29, 1.82) is 0 Å². The number of aliphatic hydroxyl groups is 1. The molecule has 4 aromatic rings. The van der Waals surface area contributed by atoms with Crippen LogP contribution in [-0.2, 0) is 7.05 Å². The van der Waals surface area contributed by atoms with E-state index in [1.165, 1.54) is 38.4 Å². The molecule has 1 saturated heterocycles. The number of aromatic hydroxyl groups is 1. The molecule has 1 unspecified atom stereocenters. The summed E-state index contributed by atoms with van der Waals surface area (Å²) in [6, 6.07) is 9.80. The van der Waals surface area contributed by atoms with E-state index in [0.29, 0.717) is 16.8 Å². The van der Waals surface area contributed by atoms with Gasteiger partial charge in [0.2, 0.25) is 0 Å². The third kappa shape index (κ3) is 4.41. The van der Waals surface area contributed by atoms with Crippen molar-refractivity contribution in [2.24, 2.45) is 7.05 Å². The van der Waals surface area contributed by atoms with Crippen molar-refractivity contribution in [3.63, 3.8) is 0 Å². The fraction of sp³-hybridized carbons (Fsp3) is 0.231. The molecular formula is C26H21ClF4N4O3. The number of hydrogen-bond donors (Lipinski definition) is 2. The molecule has 0 saturated carbocycles. The number of pyridine rings is 1. The van der Waals surface area contributed by atoms with Crippen LogP contribution in [0, 0.1) is 5.82 Å². The van der Waals surface area contributed by atoms with E-state index in [1.807, 2.05) is 0 Å². The molecule has 2 N–H and O–H groups in total. The van der Waals surface area contributed by atoms with Crippen LogP contribution in [0.2, 0.25) is 5.02 Å². The number of halogens is 5. The maximum atomic E-state index is 14.7. The van der Waals surface area contributed by atoms with Gasteiger partial charge in [0, 0.05) is 49.7 Å². The zero-order valence-electron chi connectivity index (χ0n) is 19.9. The van der Waals surface area contributed by atoms with Crippen LogP contribution in [0.1, 0.15) is 6.42 Å². The number of benzene rings is 2. The monoisotopic (exact) mass is 548 g/mol.